The number of anilines is 1. The third kappa shape index (κ3) is 2.76. The van der Waals surface area contributed by atoms with E-state index in [1.54, 1.807) is 11.7 Å². The van der Waals surface area contributed by atoms with Crippen LogP contribution in [0.4, 0.5) is 5.00 Å². The predicted octanol–water partition coefficient (Wildman–Crippen LogP) is 4.03. The van der Waals surface area contributed by atoms with Crippen molar-refractivity contribution in [3.63, 3.8) is 0 Å². The maximum absolute atomic E-state index is 12.3. The Bertz CT molecular complexity index is 635. The summed E-state index contributed by atoms with van der Waals surface area (Å²) in [6.45, 7) is 6.28. The molecule has 0 spiro atoms. The van der Waals surface area contributed by atoms with Crippen molar-refractivity contribution in [3.8, 4) is 0 Å². The number of aromatic nitrogens is 2. The first kappa shape index (κ1) is 13.7. The van der Waals surface area contributed by atoms with Crippen LogP contribution in [0.1, 0.15) is 59.9 Å². The Kier molecular flexibility index (Phi) is 3.38. The van der Waals surface area contributed by atoms with E-state index in [4.69, 9.17) is 0 Å². The van der Waals surface area contributed by atoms with E-state index >= 15 is 0 Å². The molecule has 106 valence electrons. The van der Waals surface area contributed by atoms with Gasteiger partial charge in [-0.3, -0.25) is 4.79 Å². The molecule has 1 N–H and O–H groups in total. The summed E-state index contributed by atoms with van der Waals surface area (Å²) in [6, 6.07) is 0. The highest BCUT2D eigenvalue weighted by Crippen LogP contribution is 2.42. The molecule has 1 amide bonds. The number of hydrogen-bond donors (Lipinski definition) is 1. The van der Waals surface area contributed by atoms with E-state index in [1.807, 2.05) is 0 Å². The largest absolute Gasteiger partial charge is 0.311 e. The van der Waals surface area contributed by atoms with E-state index in [0.29, 0.717) is 10.8 Å². The minimum Gasteiger partial charge on any atom is -0.311 e. The number of thiazole rings is 2. The summed E-state index contributed by atoms with van der Waals surface area (Å²) in [6.07, 6.45) is 4.10. The van der Waals surface area contributed by atoms with Crippen molar-refractivity contribution in [1.29, 1.82) is 0 Å². The minimum atomic E-state index is -0.0795. The molecule has 20 heavy (non-hydrogen) atoms. The lowest BCUT2D eigenvalue weighted by Gasteiger charge is -2.17. The Morgan fingerprint density at radius 2 is 2.10 bits per heavy atom. The zero-order valence-electron chi connectivity index (χ0n) is 11.8. The van der Waals surface area contributed by atoms with Gasteiger partial charge in [0.25, 0.3) is 5.91 Å². The smallest absolute Gasteiger partial charge is 0.268 e. The second-order valence-electron chi connectivity index (χ2n) is 6.07. The van der Waals surface area contributed by atoms with Crippen molar-refractivity contribution in [2.45, 2.75) is 44.9 Å². The second kappa shape index (κ2) is 4.93. The molecule has 2 aromatic rings. The van der Waals surface area contributed by atoms with E-state index in [9.17, 15) is 4.79 Å². The zero-order valence-corrected chi connectivity index (χ0v) is 13.4. The molecule has 0 aliphatic heterocycles. The van der Waals surface area contributed by atoms with Gasteiger partial charge in [0.2, 0.25) is 0 Å². The van der Waals surface area contributed by atoms with Gasteiger partial charge in [-0.25, -0.2) is 9.97 Å². The van der Waals surface area contributed by atoms with E-state index < -0.39 is 0 Å². The molecule has 1 fully saturated rings. The normalized spacial score (nSPS) is 15.3. The summed E-state index contributed by atoms with van der Waals surface area (Å²) in [5.74, 6) is 0.513. The molecule has 0 aromatic carbocycles. The van der Waals surface area contributed by atoms with E-state index in [2.05, 4.69) is 36.1 Å². The fourth-order valence-corrected chi connectivity index (χ4v) is 3.81. The summed E-state index contributed by atoms with van der Waals surface area (Å²) in [5.41, 5.74) is 2.64. The molecule has 3 rings (SSSR count). The first-order valence-corrected chi connectivity index (χ1v) is 8.36. The van der Waals surface area contributed by atoms with Gasteiger partial charge < -0.3 is 5.32 Å². The first-order chi connectivity index (χ1) is 9.45. The Morgan fingerprint density at radius 1 is 1.35 bits per heavy atom. The van der Waals surface area contributed by atoms with Crippen LogP contribution < -0.4 is 5.32 Å². The number of nitrogens with zero attached hydrogens (tertiary/aromatic N) is 2. The molecular formula is C14H17N3OS2. The van der Waals surface area contributed by atoms with Crippen molar-refractivity contribution < 1.29 is 4.79 Å². The maximum atomic E-state index is 12.3. The van der Waals surface area contributed by atoms with E-state index in [0.717, 1.165) is 15.7 Å². The number of carbonyl (C=O) groups excluding carboxylic acids is 1. The van der Waals surface area contributed by atoms with Gasteiger partial charge in [0.05, 0.1) is 22.4 Å². The van der Waals surface area contributed by atoms with Crippen LogP contribution in [0, 0.1) is 0 Å². The summed E-state index contributed by atoms with van der Waals surface area (Å²) in [4.78, 5) is 21.7. The molecule has 4 nitrogen and oxygen atoms in total. The Labute approximate surface area is 126 Å². The van der Waals surface area contributed by atoms with Crippen LogP contribution in [0.2, 0.25) is 0 Å². The number of amides is 1. The molecule has 0 unspecified atom stereocenters. The molecule has 1 aliphatic carbocycles. The molecule has 2 heterocycles. The monoisotopic (exact) mass is 307 g/mol. The third-order valence-electron chi connectivity index (χ3n) is 3.18. The molecule has 0 radical (unpaired) electrons. The second-order valence-corrected chi connectivity index (χ2v) is 7.99. The standard InChI is InChI=1S/C14H17N3OS2/c1-14(2,3)10-13(19-7-16-10)17-11(18)9-6-15-12(20-9)8-4-5-8/h6-8H,4-5H2,1-3H3,(H,17,18). The van der Waals surface area contributed by atoms with Crippen molar-refractivity contribution >= 4 is 33.6 Å². The average Bonchev–Trinajstić information content (AvgIpc) is 2.91. The Morgan fingerprint density at radius 3 is 2.75 bits per heavy atom. The van der Waals surface area contributed by atoms with Crippen LogP contribution in [-0.2, 0) is 5.41 Å². The van der Waals surface area contributed by atoms with Crippen LogP contribution in [0.15, 0.2) is 11.7 Å². The molecule has 0 saturated heterocycles. The van der Waals surface area contributed by atoms with Gasteiger partial charge in [-0.1, -0.05) is 20.8 Å². The molecule has 0 atom stereocenters. The molecule has 2 aromatic heterocycles. The molecular weight excluding hydrogens is 290 g/mol. The summed E-state index contributed by atoms with van der Waals surface area (Å²) < 4.78 is 0. The van der Waals surface area contributed by atoms with Crippen molar-refractivity contribution in [1.82, 2.24) is 9.97 Å². The molecule has 6 heteroatoms. The van der Waals surface area contributed by atoms with Crippen molar-refractivity contribution in [2.24, 2.45) is 0 Å². The number of rotatable bonds is 3. The highest BCUT2D eigenvalue weighted by atomic mass is 32.1. The van der Waals surface area contributed by atoms with Crippen molar-refractivity contribution in [3.05, 3.63) is 27.3 Å². The quantitative estimate of drug-likeness (QED) is 0.931. The van der Waals surface area contributed by atoms with Gasteiger partial charge in [-0.15, -0.1) is 22.7 Å². The van der Waals surface area contributed by atoms with E-state index in [-0.39, 0.29) is 11.3 Å². The molecule has 1 saturated carbocycles. The van der Waals surface area contributed by atoms with E-state index in [1.165, 1.54) is 35.5 Å². The Hall–Kier alpha value is -1.27. The lowest BCUT2D eigenvalue weighted by atomic mass is 9.92. The van der Waals surface area contributed by atoms with Crippen molar-refractivity contribution in [2.75, 3.05) is 5.32 Å². The maximum Gasteiger partial charge on any atom is 0.268 e. The van der Waals surface area contributed by atoms with Gasteiger partial charge in [-0.2, -0.15) is 0 Å². The summed E-state index contributed by atoms with van der Waals surface area (Å²) >= 11 is 2.97. The topological polar surface area (TPSA) is 54.9 Å². The zero-order chi connectivity index (χ0) is 14.3. The predicted molar refractivity (Wildman–Crippen MR) is 82.9 cm³/mol. The van der Waals surface area contributed by atoms with Gasteiger partial charge >= 0.3 is 0 Å². The fraction of sp³-hybridized carbons (Fsp3) is 0.500. The van der Waals surface area contributed by atoms with Crippen LogP contribution in [-0.4, -0.2) is 15.9 Å². The van der Waals surface area contributed by atoms with Gasteiger partial charge in [0, 0.05) is 11.3 Å². The number of carbonyl (C=O) groups is 1. The van der Waals surface area contributed by atoms with Gasteiger partial charge in [0.15, 0.2) is 0 Å². The summed E-state index contributed by atoms with van der Waals surface area (Å²) in [5, 5.41) is 4.90. The molecule has 1 aliphatic rings. The van der Waals surface area contributed by atoms with Crippen LogP contribution >= 0.6 is 22.7 Å². The first-order valence-electron chi connectivity index (χ1n) is 6.66. The third-order valence-corrected chi connectivity index (χ3v) is 5.08. The SMILES string of the molecule is CC(C)(C)c1ncsc1NC(=O)c1cnc(C2CC2)s1. The highest BCUT2D eigenvalue weighted by molar-refractivity contribution is 7.15. The Balaban J connectivity index is 1.76. The fourth-order valence-electron chi connectivity index (χ4n) is 1.95. The minimum absolute atomic E-state index is 0.0739. The lowest BCUT2D eigenvalue weighted by Crippen LogP contribution is -2.17. The summed E-state index contributed by atoms with van der Waals surface area (Å²) in [7, 11) is 0. The van der Waals surface area contributed by atoms with Gasteiger partial charge in [0.1, 0.15) is 9.88 Å². The molecule has 0 bridgehead atoms. The van der Waals surface area contributed by atoms with Crippen LogP contribution in [0.3, 0.4) is 0 Å². The lowest BCUT2D eigenvalue weighted by molar-refractivity contribution is 0.103. The van der Waals surface area contributed by atoms with Gasteiger partial charge in [-0.05, 0) is 12.8 Å². The van der Waals surface area contributed by atoms with Crippen LogP contribution in [0.25, 0.3) is 0 Å². The average molecular weight is 307 g/mol. The van der Waals surface area contributed by atoms with Crippen LogP contribution in [0.5, 0.6) is 0 Å². The number of nitrogens with one attached hydrogen (secondary N) is 1. The highest BCUT2D eigenvalue weighted by Gasteiger charge is 2.28. The number of hydrogen-bond acceptors (Lipinski definition) is 5.